The maximum absolute atomic E-state index is 11.2. The molecule has 0 bridgehead atoms. The van der Waals surface area contributed by atoms with Gasteiger partial charge in [-0.05, 0) is 13.3 Å². The van der Waals surface area contributed by atoms with Crippen molar-refractivity contribution < 1.29 is 4.79 Å². The van der Waals surface area contributed by atoms with Gasteiger partial charge in [-0.1, -0.05) is 6.92 Å². The fourth-order valence-corrected chi connectivity index (χ4v) is 1.50. The molecule has 1 N–H and O–H groups in total. The Hall–Kier alpha value is -0.570. The molecule has 2 atom stereocenters. The molecule has 0 aromatic carbocycles. The monoisotopic (exact) mass is 142 g/mol. The first-order valence-electron chi connectivity index (χ1n) is 3.67. The molecule has 1 fully saturated rings. The van der Waals surface area contributed by atoms with Crippen molar-refractivity contribution in [3.63, 3.8) is 0 Å². The van der Waals surface area contributed by atoms with Crippen molar-refractivity contribution in [1.82, 2.24) is 10.4 Å². The van der Waals surface area contributed by atoms with E-state index in [1.165, 1.54) is 0 Å². The van der Waals surface area contributed by atoms with E-state index in [0.29, 0.717) is 6.04 Å². The lowest BCUT2D eigenvalue weighted by atomic mass is 10.1. The highest BCUT2D eigenvalue weighted by molar-refractivity contribution is 5.80. The van der Waals surface area contributed by atoms with Crippen LogP contribution in [-0.2, 0) is 4.79 Å². The van der Waals surface area contributed by atoms with Gasteiger partial charge < -0.3 is 0 Å². The maximum Gasteiger partial charge on any atom is 0.239 e. The third kappa shape index (κ3) is 1.01. The zero-order chi connectivity index (χ0) is 7.72. The second-order valence-corrected chi connectivity index (χ2v) is 2.92. The standard InChI is InChI=1S/C7H14N2O/c1-5-4-6(2)9(8-3)7(5)10/h5-6,8H,4H2,1-3H3. The van der Waals surface area contributed by atoms with Gasteiger partial charge in [-0.3, -0.25) is 9.80 Å². The molecular weight excluding hydrogens is 128 g/mol. The Morgan fingerprint density at radius 2 is 2.20 bits per heavy atom. The molecule has 1 heterocycles. The molecule has 1 rings (SSSR count). The quantitative estimate of drug-likeness (QED) is 0.574. The molecule has 3 nitrogen and oxygen atoms in total. The van der Waals surface area contributed by atoms with Crippen LogP contribution in [0.15, 0.2) is 0 Å². The van der Waals surface area contributed by atoms with Crippen LogP contribution in [0.2, 0.25) is 0 Å². The van der Waals surface area contributed by atoms with Gasteiger partial charge in [0.25, 0.3) is 0 Å². The fourth-order valence-electron chi connectivity index (χ4n) is 1.50. The van der Waals surface area contributed by atoms with E-state index in [9.17, 15) is 4.79 Å². The number of hydrazine groups is 1. The molecule has 58 valence electrons. The number of nitrogens with zero attached hydrogens (tertiary/aromatic N) is 1. The van der Waals surface area contributed by atoms with Crippen LogP contribution in [0.3, 0.4) is 0 Å². The largest absolute Gasteiger partial charge is 0.275 e. The number of amides is 1. The number of carbonyl (C=O) groups is 1. The van der Waals surface area contributed by atoms with Crippen LogP contribution in [0.25, 0.3) is 0 Å². The van der Waals surface area contributed by atoms with E-state index in [0.717, 1.165) is 6.42 Å². The molecule has 1 aliphatic rings. The van der Waals surface area contributed by atoms with Crippen molar-refractivity contribution in [2.45, 2.75) is 26.3 Å². The third-order valence-corrected chi connectivity index (χ3v) is 2.04. The van der Waals surface area contributed by atoms with E-state index in [1.54, 1.807) is 12.1 Å². The van der Waals surface area contributed by atoms with E-state index in [4.69, 9.17) is 0 Å². The van der Waals surface area contributed by atoms with Gasteiger partial charge in [-0.25, -0.2) is 5.43 Å². The summed E-state index contributed by atoms with van der Waals surface area (Å²) in [5.41, 5.74) is 2.88. The van der Waals surface area contributed by atoms with E-state index in [-0.39, 0.29) is 11.8 Å². The average molecular weight is 142 g/mol. The SMILES string of the molecule is CNN1C(=O)C(C)CC1C. The van der Waals surface area contributed by atoms with E-state index in [2.05, 4.69) is 12.3 Å². The summed E-state index contributed by atoms with van der Waals surface area (Å²) in [6.45, 7) is 4.02. The summed E-state index contributed by atoms with van der Waals surface area (Å²) >= 11 is 0. The normalized spacial score (nSPS) is 33.5. The van der Waals surface area contributed by atoms with Gasteiger partial charge in [0, 0.05) is 19.0 Å². The van der Waals surface area contributed by atoms with Crippen molar-refractivity contribution >= 4 is 5.91 Å². The van der Waals surface area contributed by atoms with Gasteiger partial charge in [0.1, 0.15) is 0 Å². The van der Waals surface area contributed by atoms with Crippen LogP contribution in [0, 0.1) is 5.92 Å². The number of hydrogen-bond acceptors (Lipinski definition) is 2. The second kappa shape index (κ2) is 2.58. The lowest BCUT2D eigenvalue weighted by Crippen LogP contribution is -2.41. The Balaban J connectivity index is 2.64. The minimum atomic E-state index is 0.197. The number of rotatable bonds is 1. The van der Waals surface area contributed by atoms with Gasteiger partial charge in [0.15, 0.2) is 0 Å². The highest BCUT2D eigenvalue weighted by atomic mass is 16.2. The number of hydrogen-bond donors (Lipinski definition) is 1. The summed E-state index contributed by atoms with van der Waals surface area (Å²) in [7, 11) is 1.78. The minimum Gasteiger partial charge on any atom is -0.275 e. The molecule has 0 aromatic rings. The lowest BCUT2D eigenvalue weighted by molar-refractivity contribution is -0.134. The van der Waals surface area contributed by atoms with Crippen LogP contribution in [0.4, 0.5) is 0 Å². The molecule has 0 spiro atoms. The molecule has 0 aliphatic carbocycles. The predicted molar refractivity (Wildman–Crippen MR) is 39.1 cm³/mol. The average Bonchev–Trinajstić information content (AvgIpc) is 2.09. The van der Waals surface area contributed by atoms with Crippen molar-refractivity contribution in [2.24, 2.45) is 5.92 Å². The van der Waals surface area contributed by atoms with Crippen LogP contribution in [0.5, 0.6) is 0 Å². The topological polar surface area (TPSA) is 32.3 Å². The highest BCUT2D eigenvalue weighted by Gasteiger charge is 2.32. The van der Waals surface area contributed by atoms with Crippen molar-refractivity contribution in [2.75, 3.05) is 7.05 Å². The van der Waals surface area contributed by atoms with Crippen molar-refractivity contribution in [3.8, 4) is 0 Å². The van der Waals surface area contributed by atoms with E-state index in [1.807, 2.05) is 6.92 Å². The zero-order valence-electron chi connectivity index (χ0n) is 6.72. The van der Waals surface area contributed by atoms with E-state index < -0.39 is 0 Å². The Kier molecular flexibility index (Phi) is 1.94. The van der Waals surface area contributed by atoms with Crippen LogP contribution < -0.4 is 5.43 Å². The van der Waals surface area contributed by atoms with Crippen molar-refractivity contribution in [3.05, 3.63) is 0 Å². The summed E-state index contributed by atoms with van der Waals surface area (Å²) in [4.78, 5) is 11.2. The molecule has 3 heteroatoms. The van der Waals surface area contributed by atoms with Gasteiger partial charge in [0.2, 0.25) is 5.91 Å². The first kappa shape index (κ1) is 7.54. The molecule has 0 saturated carbocycles. The first-order chi connectivity index (χ1) is 4.66. The van der Waals surface area contributed by atoms with Gasteiger partial charge >= 0.3 is 0 Å². The Morgan fingerprint density at radius 3 is 2.40 bits per heavy atom. The summed E-state index contributed by atoms with van der Waals surface area (Å²) < 4.78 is 0. The molecule has 1 aliphatic heterocycles. The molecule has 0 radical (unpaired) electrons. The molecule has 1 saturated heterocycles. The van der Waals surface area contributed by atoms with Gasteiger partial charge in [-0.2, -0.15) is 0 Å². The Morgan fingerprint density at radius 1 is 1.60 bits per heavy atom. The summed E-state index contributed by atoms with van der Waals surface area (Å²) in [6, 6.07) is 0.354. The van der Waals surface area contributed by atoms with Crippen LogP contribution >= 0.6 is 0 Å². The molecule has 0 aromatic heterocycles. The highest BCUT2D eigenvalue weighted by Crippen LogP contribution is 2.21. The summed E-state index contributed by atoms with van der Waals surface area (Å²) in [6.07, 6.45) is 0.972. The fraction of sp³-hybridized carbons (Fsp3) is 0.857. The molecule has 1 amide bonds. The molecule has 10 heavy (non-hydrogen) atoms. The Labute approximate surface area is 61.4 Å². The molecular formula is C7H14N2O. The van der Waals surface area contributed by atoms with Gasteiger partial charge in [-0.15, -0.1) is 0 Å². The lowest BCUT2D eigenvalue weighted by Gasteiger charge is -2.19. The predicted octanol–water partition coefficient (Wildman–Crippen LogP) is 0.378. The Bertz CT molecular complexity index is 147. The first-order valence-corrected chi connectivity index (χ1v) is 3.67. The zero-order valence-corrected chi connectivity index (χ0v) is 6.72. The van der Waals surface area contributed by atoms with E-state index >= 15 is 0 Å². The number of carbonyl (C=O) groups excluding carboxylic acids is 1. The van der Waals surface area contributed by atoms with Gasteiger partial charge in [0.05, 0.1) is 0 Å². The minimum absolute atomic E-state index is 0.197. The van der Waals surface area contributed by atoms with Crippen LogP contribution in [-0.4, -0.2) is 24.0 Å². The smallest absolute Gasteiger partial charge is 0.239 e. The number of nitrogens with one attached hydrogen (secondary N) is 1. The van der Waals surface area contributed by atoms with Crippen LogP contribution in [0.1, 0.15) is 20.3 Å². The molecule has 2 unspecified atom stereocenters. The second-order valence-electron chi connectivity index (χ2n) is 2.92. The maximum atomic E-state index is 11.2. The summed E-state index contributed by atoms with van der Waals surface area (Å²) in [5.74, 6) is 0.414. The third-order valence-electron chi connectivity index (χ3n) is 2.04. The summed E-state index contributed by atoms with van der Waals surface area (Å²) in [5, 5.41) is 1.70. The van der Waals surface area contributed by atoms with Crippen molar-refractivity contribution in [1.29, 1.82) is 0 Å².